The molecule has 0 aliphatic carbocycles. The number of hydrogen-bond donors (Lipinski definition) is 10. The van der Waals surface area contributed by atoms with Gasteiger partial charge in [0.05, 0.1) is 12.6 Å². The highest BCUT2D eigenvalue weighted by Crippen LogP contribution is 2.30. The molecule has 186 valence electrons. The van der Waals surface area contributed by atoms with E-state index in [1.807, 2.05) is 0 Å². The molecule has 1 aliphatic heterocycles. The molecule has 11 N–H and O–H groups in total. The Balaban J connectivity index is 2.38. The first kappa shape index (κ1) is 28.1. The molecule has 0 radical (unpaired) electrons. The first-order chi connectivity index (χ1) is 14.8. The Hall–Kier alpha value is -1.91. The van der Waals surface area contributed by atoms with E-state index in [0.29, 0.717) is 0 Å². The van der Waals surface area contributed by atoms with Gasteiger partial charge in [0.25, 0.3) is 0 Å². The van der Waals surface area contributed by atoms with Crippen molar-refractivity contribution in [3.63, 3.8) is 0 Å². The average Bonchev–Trinajstić information content (AvgIpc) is 2.74. The Labute approximate surface area is 184 Å². The van der Waals surface area contributed by atoms with Gasteiger partial charge in [0.1, 0.15) is 36.5 Å². The summed E-state index contributed by atoms with van der Waals surface area (Å²) in [7, 11) is 0. The van der Waals surface area contributed by atoms with Gasteiger partial charge in [-0.1, -0.05) is 0 Å². The van der Waals surface area contributed by atoms with E-state index < -0.39 is 72.7 Å². The second-order valence-electron chi connectivity index (χ2n) is 7.80. The lowest BCUT2D eigenvalue weighted by Crippen LogP contribution is -2.65. The second kappa shape index (κ2) is 12.4. The van der Waals surface area contributed by atoms with Crippen LogP contribution in [0.3, 0.4) is 0 Å². The summed E-state index contributed by atoms with van der Waals surface area (Å²) in [5, 5.41) is 65.4. The van der Waals surface area contributed by atoms with Crippen LogP contribution in [-0.4, -0.2) is 116 Å². The van der Waals surface area contributed by atoms with Crippen LogP contribution < -0.4 is 21.7 Å². The molecular weight excluding hydrogens is 432 g/mol. The minimum absolute atomic E-state index is 0.0781. The number of carbonyl (C=O) groups is 3. The molecule has 2 amide bonds. The maximum atomic E-state index is 12.1. The Morgan fingerprint density at radius 2 is 1.62 bits per heavy atom. The Kier molecular flexibility index (Phi) is 10.9. The predicted octanol–water partition coefficient (Wildman–Crippen LogP) is -5.06. The van der Waals surface area contributed by atoms with Gasteiger partial charge in [-0.2, -0.15) is 0 Å². The number of ether oxygens (including phenoxy) is 1. The first-order valence-corrected chi connectivity index (χ1v) is 10.2. The Bertz CT molecular complexity index is 651. The summed E-state index contributed by atoms with van der Waals surface area (Å²) in [5.41, 5.74) is 5.78. The molecule has 1 rings (SSSR count). The summed E-state index contributed by atoms with van der Waals surface area (Å²) in [6.07, 6.45) is -6.39. The highest BCUT2D eigenvalue weighted by molar-refractivity contribution is 5.91. The predicted molar refractivity (Wildman–Crippen MR) is 108 cm³/mol. The van der Waals surface area contributed by atoms with Crippen LogP contribution in [-0.2, 0) is 19.1 Å². The normalized spacial score (nSPS) is 30.8. The fourth-order valence-electron chi connectivity index (χ4n) is 2.99. The van der Waals surface area contributed by atoms with E-state index >= 15 is 0 Å². The molecular formula is C18H34N4O10. The van der Waals surface area contributed by atoms with Gasteiger partial charge in [-0.15, -0.1) is 0 Å². The molecule has 14 heteroatoms. The minimum Gasteiger partial charge on any atom is -0.480 e. The SMILES string of the molecule is C[C@H](NC(=O)[C@H](C)NC(=O)[C@@H](N)CCNCCC1(O)O[C@H](CO)[C@H](O)[C@H](O)[C@H]1O)C(=O)O. The second-order valence-corrected chi connectivity index (χ2v) is 7.80. The van der Waals surface area contributed by atoms with Crippen LogP contribution >= 0.6 is 0 Å². The minimum atomic E-state index is -2.20. The summed E-state index contributed by atoms with van der Waals surface area (Å²) in [4.78, 5) is 34.7. The van der Waals surface area contributed by atoms with E-state index in [9.17, 15) is 39.9 Å². The smallest absolute Gasteiger partial charge is 0.325 e. The molecule has 0 bridgehead atoms. The van der Waals surface area contributed by atoms with Crippen molar-refractivity contribution in [3.8, 4) is 0 Å². The maximum absolute atomic E-state index is 12.1. The number of amides is 2. The molecule has 0 saturated carbocycles. The van der Waals surface area contributed by atoms with Crippen molar-refractivity contribution in [2.75, 3.05) is 19.7 Å². The molecule has 1 unspecified atom stereocenters. The van der Waals surface area contributed by atoms with E-state index in [1.165, 1.54) is 13.8 Å². The number of nitrogens with one attached hydrogen (secondary N) is 3. The van der Waals surface area contributed by atoms with Crippen molar-refractivity contribution in [2.45, 2.75) is 75.0 Å². The average molecular weight is 466 g/mol. The van der Waals surface area contributed by atoms with Crippen LogP contribution in [0.25, 0.3) is 0 Å². The van der Waals surface area contributed by atoms with Crippen molar-refractivity contribution in [1.82, 2.24) is 16.0 Å². The Morgan fingerprint density at radius 3 is 2.19 bits per heavy atom. The number of nitrogens with two attached hydrogens (primary N) is 1. The molecule has 32 heavy (non-hydrogen) atoms. The van der Waals surface area contributed by atoms with Crippen molar-refractivity contribution >= 4 is 17.8 Å². The molecule has 1 heterocycles. The third kappa shape index (κ3) is 7.60. The summed E-state index contributed by atoms with van der Waals surface area (Å²) in [6, 6.07) is -3.09. The van der Waals surface area contributed by atoms with Gasteiger partial charge < -0.3 is 57.1 Å². The zero-order valence-electron chi connectivity index (χ0n) is 18.0. The van der Waals surface area contributed by atoms with E-state index in [2.05, 4.69) is 16.0 Å². The fourth-order valence-corrected chi connectivity index (χ4v) is 2.99. The molecule has 8 atom stereocenters. The van der Waals surface area contributed by atoms with Gasteiger partial charge in [-0.3, -0.25) is 14.4 Å². The third-order valence-electron chi connectivity index (χ3n) is 5.16. The molecule has 0 aromatic carbocycles. The molecule has 1 aliphatic rings. The van der Waals surface area contributed by atoms with Crippen LogP contribution in [0.4, 0.5) is 0 Å². The van der Waals surface area contributed by atoms with Gasteiger partial charge in [-0.25, -0.2) is 0 Å². The lowest BCUT2D eigenvalue weighted by Gasteiger charge is -2.45. The van der Waals surface area contributed by atoms with Crippen molar-refractivity contribution in [3.05, 3.63) is 0 Å². The number of carboxylic acid groups (broad SMARTS) is 1. The van der Waals surface area contributed by atoms with E-state index in [4.69, 9.17) is 15.6 Å². The summed E-state index contributed by atoms with van der Waals surface area (Å²) < 4.78 is 5.13. The van der Waals surface area contributed by atoms with Crippen LogP contribution in [0.15, 0.2) is 0 Å². The number of carboxylic acids is 1. The number of aliphatic hydroxyl groups excluding tert-OH is 4. The molecule has 0 aromatic rings. The van der Waals surface area contributed by atoms with Crippen LogP contribution in [0.5, 0.6) is 0 Å². The molecule has 1 saturated heterocycles. The first-order valence-electron chi connectivity index (χ1n) is 10.2. The van der Waals surface area contributed by atoms with Gasteiger partial charge in [0.15, 0.2) is 5.79 Å². The largest absolute Gasteiger partial charge is 0.480 e. The lowest BCUT2D eigenvalue weighted by molar-refractivity contribution is -0.350. The van der Waals surface area contributed by atoms with Crippen LogP contribution in [0.2, 0.25) is 0 Å². The topological polar surface area (TPSA) is 244 Å². The van der Waals surface area contributed by atoms with Crippen molar-refractivity contribution in [1.29, 1.82) is 0 Å². The summed E-state index contributed by atoms with van der Waals surface area (Å²) in [6.45, 7) is 2.29. The molecule has 14 nitrogen and oxygen atoms in total. The fraction of sp³-hybridized carbons (Fsp3) is 0.833. The summed E-state index contributed by atoms with van der Waals surface area (Å²) in [5.74, 6) is -4.71. The van der Waals surface area contributed by atoms with Crippen LogP contribution in [0.1, 0.15) is 26.7 Å². The van der Waals surface area contributed by atoms with Crippen molar-refractivity contribution in [2.24, 2.45) is 5.73 Å². The zero-order chi connectivity index (χ0) is 24.6. The molecule has 1 fully saturated rings. The highest BCUT2D eigenvalue weighted by atomic mass is 16.7. The Morgan fingerprint density at radius 1 is 1.03 bits per heavy atom. The highest BCUT2D eigenvalue weighted by Gasteiger charge is 2.52. The maximum Gasteiger partial charge on any atom is 0.325 e. The van der Waals surface area contributed by atoms with Gasteiger partial charge in [0, 0.05) is 13.0 Å². The number of carbonyl (C=O) groups excluding carboxylic acids is 2. The third-order valence-corrected chi connectivity index (χ3v) is 5.16. The van der Waals surface area contributed by atoms with Crippen LogP contribution in [0, 0.1) is 0 Å². The number of aliphatic carboxylic acids is 1. The number of hydrogen-bond acceptors (Lipinski definition) is 11. The standard InChI is InChI=1S/C18H34N4O10/c1-8(15(27)22-9(2)17(29)30)21-16(28)10(19)3-5-20-6-4-18(31)14(26)13(25)12(24)11(7-23)32-18/h8-14,20,23-26,31H,3-7,19H2,1-2H3,(H,21,28)(H,22,27)(H,29,30)/t8-,9-,10-,11+,12-,13-,14+,18?/m0/s1. The summed E-state index contributed by atoms with van der Waals surface area (Å²) >= 11 is 0. The number of rotatable bonds is 12. The van der Waals surface area contributed by atoms with E-state index in [-0.39, 0.29) is 25.9 Å². The van der Waals surface area contributed by atoms with E-state index in [1.54, 1.807) is 0 Å². The quantitative estimate of drug-likeness (QED) is 0.121. The number of aliphatic hydroxyl groups is 5. The molecule has 0 aromatic heterocycles. The van der Waals surface area contributed by atoms with E-state index in [0.717, 1.165) is 0 Å². The zero-order valence-corrected chi connectivity index (χ0v) is 18.0. The van der Waals surface area contributed by atoms with Gasteiger partial charge >= 0.3 is 5.97 Å². The monoisotopic (exact) mass is 466 g/mol. The van der Waals surface area contributed by atoms with Gasteiger partial charge in [-0.05, 0) is 26.8 Å². The van der Waals surface area contributed by atoms with Gasteiger partial charge in [0.2, 0.25) is 11.8 Å². The van der Waals surface area contributed by atoms with Crippen molar-refractivity contribution < 1.29 is 49.8 Å². The molecule has 0 spiro atoms. The lowest BCUT2D eigenvalue weighted by atomic mass is 9.91.